The van der Waals surface area contributed by atoms with Crippen molar-refractivity contribution in [2.24, 2.45) is 0 Å². The van der Waals surface area contributed by atoms with Gasteiger partial charge in [0, 0.05) is 30.2 Å². The zero-order chi connectivity index (χ0) is 14.8. The van der Waals surface area contributed by atoms with Crippen molar-refractivity contribution >= 4 is 28.2 Å². The Morgan fingerprint density at radius 1 is 1.29 bits per heavy atom. The molecule has 21 heavy (non-hydrogen) atoms. The first-order valence-corrected chi connectivity index (χ1v) is 7.19. The molecule has 1 aromatic carbocycles. The molecule has 1 fully saturated rings. The number of rotatable bonds is 4. The van der Waals surface area contributed by atoms with E-state index >= 15 is 0 Å². The number of amides is 1. The van der Waals surface area contributed by atoms with Crippen LogP contribution in [0, 0.1) is 0 Å². The number of nitrogens with one attached hydrogen (secondary N) is 2. The van der Waals surface area contributed by atoms with Gasteiger partial charge in [-0.25, -0.2) is 0 Å². The Morgan fingerprint density at radius 3 is 2.71 bits per heavy atom. The summed E-state index contributed by atoms with van der Waals surface area (Å²) in [6, 6.07) is 6.36. The lowest BCUT2D eigenvalue weighted by Gasteiger charge is -2.28. The molecule has 0 aliphatic heterocycles. The van der Waals surface area contributed by atoms with E-state index in [0.717, 1.165) is 16.6 Å². The van der Waals surface area contributed by atoms with Crippen LogP contribution in [-0.2, 0) is 4.79 Å². The molecule has 1 aliphatic rings. The van der Waals surface area contributed by atoms with Gasteiger partial charge in [0.25, 0.3) is 0 Å². The summed E-state index contributed by atoms with van der Waals surface area (Å²) >= 11 is 0. The van der Waals surface area contributed by atoms with Crippen molar-refractivity contribution in [1.82, 2.24) is 4.98 Å². The number of pyridine rings is 1. The van der Waals surface area contributed by atoms with E-state index in [4.69, 9.17) is 4.74 Å². The Balaban J connectivity index is 2.05. The summed E-state index contributed by atoms with van der Waals surface area (Å²) in [4.78, 5) is 15.7. The summed E-state index contributed by atoms with van der Waals surface area (Å²) < 4.78 is 5.45. The SMILES string of the molecule is COc1c(NC(C)=O)ccc2c(NC3CCC3)ccnc12. The maximum absolute atomic E-state index is 11.3. The molecule has 0 bridgehead atoms. The molecule has 5 nitrogen and oxygen atoms in total. The van der Waals surface area contributed by atoms with E-state index in [0.29, 0.717) is 17.5 Å². The fraction of sp³-hybridized carbons (Fsp3) is 0.375. The van der Waals surface area contributed by atoms with Crippen LogP contribution >= 0.6 is 0 Å². The number of hydrogen-bond acceptors (Lipinski definition) is 4. The molecule has 2 N–H and O–H groups in total. The van der Waals surface area contributed by atoms with Crippen LogP contribution in [0.1, 0.15) is 26.2 Å². The Labute approximate surface area is 123 Å². The van der Waals surface area contributed by atoms with Gasteiger partial charge in [-0.3, -0.25) is 9.78 Å². The standard InChI is InChI=1S/C16H19N3O2/c1-10(20)18-14-7-6-12-13(19-11-4-3-5-11)8-9-17-15(12)16(14)21-2/h6-9,11H,3-5H2,1-2H3,(H,17,19)(H,18,20). The molecule has 1 saturated carbocycles. The van der Waals surface area contributed by atoms with Crippen LogP contribution in [0.2, 0.25) is 0 Å². The summed E-state index contributed by atoms with van der Waals surface area (Å²) in [5, 5.41) is 7.33. The third-order valence-corrected chi connectivity index (χ3v) is 3.85. The largest absolute Gasteiger partial charge is 0.492 e. The lowest BCUT2D eigenvalue weighted by Crippen LogP contribution is -2.27. The van der Waals surface area contributed by atoms with Gasteiger partial charge in [0.15, 0.2) is 5.75 Å². The van der Waals surface area contributed by atoms with E-state index in [1.54, 1.807) is 13.3 Å². The van der Waals surface area contributed by atoms with Gasteiger partial charge in [-0.1, -0.05) is 0 Å². The van der Waals surface area contributed by atoms with E-state index < -0.39 is 0 Å². The third kappa shape index (κ3) is 2.63. The van der Waals surface area contributed by atoms with Crippen LogP contribution in [0.3, 0.4) is 0 Å². The minimum atomic E-state index is -0.128. The number of aromatic nitrogens is 1. The van der Waals surface area contributed by atoms with Gasteiger partial charge in [0.1, 0.15) is 5.52 Å². The summed E-state index contributed by atoms with van der Waals surface area (Å²) in [5.74, 6) is 0.469. The normalized spacial score (nSPS) is 14.6. The number of ether oxygens (including phenoxy) is 1. The minimum Gasteiger partial charge on any atom is -0.492 e. The van der Waals surface area contributed by atoms with Crippen molar-refractivity contribution in [3.63, 3.8) is 0 Å². The summed E-state index contributed by atoms with van der Waals surface area (Å²) in [7, 11) is 1.59. The third-order valence-electron chi connectivity index (χ3n) is 3.85. The van der Waals surface area contributed by atoms with Crippen molar-refractivity contribution in [3.05, 3.63) is 24.4 Å². The van der Waals surface area contributed by atoms with Crippen LogP contribution < -0.4 is 15.4 Å². The van der Waals surface area contributed by atoms with Crippen molar-refractivity contribution in [2.75, 3.05) is 17.7 Å². The number of benzene rings is 1. The second kappa shape index (κ2) is 5.60. The molecule has 110 valence electrons. The molecule has 1 aromatic heterocycles. The monoisotopic (exact) mass is 285 g/mol. The fourth-order valence-corrected chi connectivity index (χ4v) is 2.59. The lowest BCUT2D eigenvalue weighted by molar-refractivity contribution is -0.114. The molecule has 0 saturated heterocycles. The highest BCUT2D eigenvalue weighted by atomic mass is 16.5. The van der Waals surface area contributed by atoms with Gasteiger partial charge in [0.05, 0.1) is 12.8 Å². The number of carbonyl (C=O) groups is 1. The second-order valence-corrected chi connectivity index (χ2v) is 5.35. The van der Waals surface area contributed by atoms with Gasteiger partial charge in [-0.2, -0.15) is 0 Å². The van der Waals surface area contributed by atoms with Gasteiger partial charge >= 0.3 is 0 Å². The molecule has 1 amide bonds. The summed E-state index contributed by atoms with van der Waals surface area (Å²) in [6.07, 6.45) is 5.48. The summed E-state index contributed by atoms with van der Waals surface area (Å²) in [6.45, 7) is 1.48. The first-order chi connectivity index (χ1) is 10.2. The number of methoxy groups -OCH3 is 1. The maximum Gasteiger partial charge on any atom is 0.221 e. The maximum atomic E-state index is 11.3. The molecule has 3 rings (SSSR count). The van der Waals surface area contributed by atoms with Gasteiger partial charge in [-0.15, -0.1) is 0 Å². The molecule has 5 heteroatoms. The van der Waals surface area contributed by atoms with Gasteiger partial charge in [-0.05, 0) is 37.5 Å². The molecule has 0 unspecified atom stereocenters. The van der Waals surface area contributed by atoms with Gasteiger partial charge < -0.3 is 15.4 Å². The van der Waals surface area contributed by atoms with E-state index in [-0.39, 0.29) is 5.91 Å². The highest BCUT2D eigenvalue weighted by Crippen LogP contribution is 2.36. The minimum absolute atomic E-state index is 0.128. The van der Waals surface area contributed by atoms with Crippen molar-refractivity contribution in [1.29, 1.82) is 0 Å². The number of nitrogens with zero attached hydrogens (tertiary/aromatic N) is 1. The number of carbonyl (C=O) groups excluding carboxylic acids is 1. The zero-order valence-electron chi connectivity index (χ0n) is 12.3. The number of hydrogen-bond donors (Lipinski definition) is 2. The Kier molecular flexibility index (Phi) is 3.64. The fourth-order valence-electron chi connectivity index (χ4n) is 2.59. The molecular formula is C16H19N3O2. The van der Waals surface area contributed by atoms with E-state index in [1.807, 2.05) is 18.2 Å². The molecule has 0 radical (unpaired) electrons. The highest BCUT2D eigenvalue weighted by Gasteiger charge is 2.19. The smallest absolute Gasteiger partial charge is 0.221 e. The average Bonchev–Trinajstić information content (AvgIpc) is 2.42. The molecular weight excluding hydrogens is 266 g/mol. The average molecular weight is 285 g/mol. The van der Waals surface area contributed by atoms with Crippen molar-refractivity contribution in [2.45, 2.75) is 32.2 Å². The van der Waals surface area contributed by atoms with Crippen LogP contribution in [0.5, 0.6) is 5.75 Å². The Morgan fingerprint density at radius 2 is 2.10 bits per heavy atom. The quantitative estimate of drug-likeness (QED) is 0.905. The molecule has 0 spiro atoms. The summed E-state index contributed by atoms with van der Waals surface area (Å²) in [5.41, 5.74) is 2.47. The number of fused-ring (bicyclic) bond motifs is 1. The van der Waals surface area contributed by atoms with Crippen LogP contribution in [0.15, 0.2) is 24.4 Å². The van der Waals surface area contributed by atoms with E-state index in [1.165, 1.54) is 26.2 Å². The first kappa shape index (κ1) is 13.7. The van der Waals surface area contributed by atoms with Crippen LogP contribution in [0.25, 0.3) is 10.9 Å². The second-order valence-electron chi connectivity index (χ2n) is 5.35. The molecule has 0 atom stereocenters. The predicted octanol–water partition coefficient (Wildman–Crippen LogP) is 3.17. The molecule has 2 aromatic rings. The number of anilines is 2. The Hall–Kier alpha value is -2.30. The van der Waals surface area contributed by atoms with Crippen molar-refractivity contribution < 1.29 is 9.53 Å². The Bertz CT molecular complexity index is 681. The van der Waals surface area contributed by atoms with E-state index in [9.17, 15) is 4.79 Å². The lowest BCUT2D eigenvalue weighted by atomic mass is 9.93. The molecule has 1 heterocycles. The predicted molar refractivity (Wildman–Crippen MR) is 83.9 cm³/mol. The van der Waals surface area contributed by atoms with Crippen LogP contribution in [-0.4, -0.2) is 24.0 Å². The molecule has 1 aliphatic carbocycles. The highest BCUT2D eigenvalue weighted by molar-refractivity contribution is 6.01. The zero-order valence-corrected chi connectivity index (χ0v) is 12.3. The van der Waals surface area contributed by atoms with Gasteiger partial charge in [0.2, 0.25) is 5.91 Å². The van der Waals surface area contributed by atoms with Crippen LogP contribution in [0.4, 0.5) is 11.4 Å². The van der Waals surface area contributed by atoms with E-state index in [2.05, 4.69) is 15.6 Å². The topological polar surface area (TPSA) is 63.2 Å². The first-order valence-electron chi connectivity index (χ1n) is 7.19. The van der Waals surface area contributed by atoms with Crippen molar-refractivity contribution in [3.8, 4) is 5.75 Å².